The average molecular weight is 286 g/mol. The Hall–Kier alpha value is -1.87. The van der Waals surface area contributed by atoms with E-state index in [0.29, 0.717) is 6.61 Å². The molecule has 2 atom stereocenters. The number of carbonyl (C=O) groups is 1. The fourth-order valence-electron chi connectivity index (χ4n) is 2.59. The lowest BCUT2D eigenvalue weighted by Crippen LogP contribution is -2.00. The topological polar surface area (TPSA) is 35.5 Å². The molecule has 1 aromatic carbocycles. The van der Waals surface area contributed by atoms with E-state index in [1.54, 1.807) is 13.0 Å². The summed E-state index contributed by atoms with van der Waals surface area (Å²) in [5.41, 5.74) is 0.945. The summed E-state index contributed by atoms with van der Waals surface area (Å²) in [6.07, 6.45) is 12.2. The smallest absolute Gasteiger partial charge is 0.294 e. The number of benzene rings is 1. The maximum Gasteiger partial charge on any atom is 0.365 e. The van der Waals surface area contributed by atoms with E-state index >= 15 is 0 Å². The van der Waals surface area contributed by atoms with Gasteiger partial charge in [-0.15, -0.1) is 0 Å². The van der Waals surface area contributed by atoms with E-state index < -0.39 is 5.97 Å². The molecule has 21 heavy (non-hydrogen) atoms. The molecule has 2 bridgehead atoms. The van der Waals surface area contributed by atoms with Gasteiger partial charge in [-0.25, -0.2) is 4.79 Å². The standard InChI is InChI=1S/C11H12O3.C7H10/c1-2-13-14-11(12)9-8-10-6-4-3-5-7-10;1-2-7-4-3-6(1)5-7/h3-9H,2H2,1H3;1-2,6-7H,3-5H2. The van der Waals surface area contributed by atoms with E-state index in [9.17, 15) is 4.79 Å². The van der Waals surface area contributed by atoms with Crippen molar-refractivity contribution in [3.63, 3.8) is 0 Å². The molecule has 0 amide bonds. The van der Waals surface area contributed by atoms with Crippen LogP contribution in [0.3, 0.4) is 0 Å². The Kier molecular flexibility index (Phi) is 6.22. The summed E-state index contributed by atoms with van der Waals surface area (Å²) in [5.74, 6) is 1.48. The average Bonchev–Trinajstić information content (AvgIpc) is 3.18. The van der Waals surface area contributed by atoms with Gasteiger partial charge in [-0.1, -0.05) is 42.5 Å². The van der Waals surface area contributed by atoms with E-state index in [4.69, 9.17) is 0 Å². The van der Waals surface area contributed by atoms with Crippen LogP contribution in [0.15, 0.2) is 48.6 Å². The number of allylic oxidation sites excluding steroid dienone is 2. The second-order valence-electron chi connectivity index (χ2n) is 5.27. The predicted octanol–water partition coefficient (Wildman–Crippen LogP) is 4.17. The summed E-state index contributed by atoms with van der Waals surface area (Å²) in [6, 6.07) is 9.49. The zero-order chi connectivity index (χ0) is 14.9. The number of fused-ring (bicyclic) bond motifs is 2. The van der Waals surface area contributed by atoms with Crippen molar-refractivity contribution in [2.75, 3.05) is 6.61 Å². The third-order valence-corrected chi connectivity index (χ3v) is 3.64. The van der Waals surface area contributed by atoms with Gasteiger partial charge in [-0.3, -0.25) is 4.89 Å². The van der Waals surface area contributed by atoms with Gasteiger partial charge >= 0.3 is 5.97 Å². The maximum atomic E-state index is 10.9. The first-order valence-electron chi connectivity index (χ1n) is 7.53. The molecule has 0 heterocycles. The molecular formula is C18H22O3. The fourth-order valence-corrected chi connectivity index (χ4v) is 2.59. The van der Waals surface area contributed by atoms with Gasteiger partial charge in [0, 0.05) is 6.08 Å². The third kappa shape index (κ3) is 5.56. The van der Waals surface area contributed by atoms with E-state index in [1.165, 1.54) is 25.3 Å². The number of hydrogen-bond acceptors (Lipinski definition) is 3. The van der Waals surface area contributed by atoms with Crippen molar-refractivity contribution in [2.45, 2.75) is 26.2 Å². The molecule has 1 aromatic rings. The summed E-state index contributed by atoms with van der Waals surface area (Å²) in [4.78, 5) is 19.8. The second kappa shape index (κ2) is 8.42. The summed E-state index contributed by atoms with van der Waals surface area (Å²) in [5, 5.41) is 0. The molecule has 0 spiro atoms. The zero-order valence-corrected chi connectivity index (χ0v) is 12.4. The molecule has 0 aromatic heterocycles. The predicted molar refractivity (Wildman–Crippen MR) is 83.2 cm³/mol. The molecule has 3 heteroatoms. The molecule has 1 saturated carbocycles. The van der Waals surface area contributed by atoms with Crippen molar-refractivity contribution >= 4 is 12.0 Å². The Balaban J connectivity index is 0.000000189. The van der Waals surface area contributed by atoms with Gasteiger partial charge < -0.3 is 0 Å². The minimum Gasteiger partial charge on any atom is -0.294 e. The molecule has 0 N–H and O–H groups in total. The minimum absolute atomic E-state index is 0.352. The number of carbonyl (C=O) groups excluding carboxylic acids is 1. The van der Waals surface area contributed by atoms with Crippen LogP contribution in [0, 0.1) is 11.8 Å². The molecular weight excluding hydrogens is 264 g/mol. The Bertz CT molecular complexity index is 478. The van der Waals surface area contributed by atoms with Crippen molar-refractivity contribution in [3.8, 4) is 0 Å². The van der Waals surface area contributed by atoms with Crippen LogP contribution in [0.2, 0.25) is 0 Å². The van der Waals surface area contributed by atoms with Gasteiger partial charge in [-0.2, -0.15) is 4.89 Å². The normalized spacial score (nSPS) is 22.1. The monoisotopic (exact) mass is 286 g/mol. The van der Waals surface area contributed by atoms with Crippen LogP contribution in [-0.2, 0) is 14.6 Å². The molecule has 3 nitrogen and oxygen atoms in total. The van der Waals surface area contributed by atoms with Crippen molar-refractivity contribution < 1.29 is 14.6 Å². The van der Waals surface area contributed by atoms with Crippen molar-refractivity contribution in [1.29, 1.82) is 0 Å². The fraction of sp³-hybridized carbons (Fsp3) is 0.389. The lowest BCUT2D eigenvalue weighted by atomic mass is 10.1. The van der Waals surface area contributed by atoms with Crippen LogP contribution in [0.5, 0.6) is 0 Å². The highest BCUT2D eigenvalue weighted by atomic mass is 17.2. The van der Waals surface area contributed by atoms with Crippen molar-refractivity contribution in [1.82, 2.24) is 0 Å². The first-order valence-corrected chi connectivity index (χ1v) is 7.53. The third-order valence-electron chi connectivity index (χ3n) is 3.64. The molecule has 2 unspecified atom stereocenters. The highest BCUT2D eigenvalue weighted by Gasteiger charge is 2.25. The molecule has 0 radical (unpaired) electrons. The molecule has 3 rings (SSSR count). The molecule has 112 valence electrons. The lowest BCUT2D eigenvalue weighted by molar-refractivity contribution is -0.264. The highest BCUT2D eigenvalue weighted by Crippen LogP contribution is 2.38. The van der Waals surface area contributed by atoms with Gasteiger partial charge in [-0.05, 0) is 49.7 Å². The van der Waals surface area contributed by atoms with Gasteiger partial charge in [0.05, 0.1) is 6.61 Å². The summed E-state index contributed by atoms with van der Waals surface area (Å²) in [6.45, 7) is 2.10. The van der Waals surface area contributed by atoms with Crippen molar-refractivity contribution in [3.05, 3.63) is 54.1 Å². The molecule has 1 fully saturated rings. The van der Waals surface area contributed by atoms with Crippen LogP contribution in [-0.4, -0.2) is 12.6 Å². The first-order chi connectivity index (χ1) is 10.3. The van der Waals surface area contributed by atoms with E-state index in [-0.39, 0.29) is 0 Å². The largest absolute Gasteiger partial charge is 0.365 e. The minimum atomic E-state index is -0.504. The summed E-state index contributed by atoms with van der Waals surface area (Å²) in [7, 11) is 0. The Morgan fingerprint density at radius 2 is 1.86 bits per heavy atom. The van der Waals surface area contributed by atoms with Crippen LogP contribution in [0.4, 0.5) is 0 Å². The Morgan fingerprint density at radius 3 is 2.33 bits per heavy atom. The summed E-state index contributed by atoms with van der Waals surface area (Å²) >= 11 is 0. The Morgan fingerprint density at radius 1 is 1.19 bits per heavy atom. The van der Waals surface area contributed by atoms with Gasteiger partial charge in [0.15, 0.2) is 0 Å². The van der Waals surface area contributed by atoms with Crippen LogP contribution in [0.25, 0.3) is 6.08 Å². The molecule has 0 saturated heterocycles. The second-order valence-corrected chi connectivity index (χ2v) is 5.27. The van der Waals surface area contributed by atoms with E-state index in [2.05, 4.69) is 21.9 Å². The molecule has 2 aliphatic rings. The van der Waals surface area contributed by atoms with E-state index in [0.717, 1.165) is 17.4 Å². The number of hydrogen-bond donors (Lipinski definition) is 0. The zero-order valence-electron chi connectivity index (χ0n) is 12.4. The SMILES string of the molecule is C1=CC2CCC1C2.CCOOC(=O)C=Cc1ccccc1. The van der Waals surface area contributed by atoms with Crippen molar-refractivity contribution in [2.24, 2.45) is 11.8 Å². The molecule has 0 aliphatic heterocycles. The van der Waals surface area contributed by atoms with Gasteiger partial charge in [0.2, 0.25) is 0 Å². The molecule has 2 aliphatic carbocycles. The highest BCUT2D eigenvalue weighted by molar-refractivity contribution is 5.86. The maximum absolute atomic E-state index is 10.9. The van der Waals surface area contributed by atoms with E-state index in [1.807, 2.05) is 30.3 Å². The number of rotatable bonds is 4. The van der Waals surface area contributed by atoms with Gasteiger partial charge in [0.1, 0.15) is 0 Å². The van der Waals surface area contributed by atoms with Crippen LogP contribution in [0.1, 0.15) is 31.7 Å². The first kappa shape index (κ1) is 15.5. The van der Waals surface area contributed by atoms with Crippen LogP contribution < -0.4 is 0 Å². The lowest BCUT2D eigenvalue weighted by Gasteiger charge is -1.96. The quantitative estimate of drug-likeness (QED) is 0.361. The van der Waals surface area contributed by atoms with Crippen LogP contribution >= 0.6 is 0 Å². The summed E-state index contributed by atoms with van der Waals surface area (Å²) < 4.78 is 0. The Labute approximate surface area is 126 Å². The van der Waals surface area contributed by atoms with Gasteiger partial charge in [0.25, 0.3) is 0 Å².